The van der Waals surface area contributed by atoms with E-state index in [1.807, 2.05) is 0 Å². The van der Waals surface area contributed by atoms with E-state index in [-0.39, 0.29) is 17.9 Å². The van der Waals surface area contributed by atoms with Gasteiger partial charge in [-0.2, -0.15) is 0 Å². The molecule has 0 aliphatic carbocycles. The Bertz CT molecular complexity index is 391. The second kappa shape index (κ2) is 5.58. The number of hydrogen-bond donors (Lipinski definition) is 1. The van der Waals surface area contributed by atoms with Crippen molar-refractivity contribution in [1.29, 1.82) is 0 Å². The molecule has 3 nitrogen and oxygen atoms in total. The van der Waals surface area contributed by atoms with Crippen LogP contribution in [0.2, 0.25) is 0 Å². The first-order valence-corrected chi connectivity index (χ1v) is 5.48. The summed E-state index contributed by atoms with van der Waals surface area (Å²) in [6.07, 6.45) is -4.74. The first-order valence-electron chi connectivity index (χ1n) is 5.48. The molecule has 1 rings (SSSR count). The maximum absolute atomic E-state index is 12.3. The molecule has 6 heteroatoms. The Hall–Kier alpha value is -1.27. The fourth-order valence-corrected chi connectivity index (χ4v) is 1.54. The van der Waals surface area contributed by atoms with Gasteiger partial charge in [0, 0.05) is 12.2 Å². The van der Waals surface area contributed by atoms with Gasteiger partial charge in [0.1, 0.15) is 5.75 Å². The van der Waals surface area contributed by atoms with E-state index in [4.69, 9.17) is 10.5 Å². The van der Waals surface area contributed by atoms with Crippen molar-refractivity contribution >= 4 is 0 Å². The number of hydrogen-bond acceptors (Lipinski definition) is 3. The number of ether oxygens (including phenoxy) is 2. The number of rotatable bonds is 5. The molecule has 0 saturated heterocycles. The maximum Gasteiger partial charge on any atom is 0.573 e. The Labute approximate surface area is 104 Å². The van der Waals surface area contributed by atoms with Gasteiger partial charge in [0.15, 0.2) is 0 Å². The summed E-state index contributed by atoms with van der Waals surface area (Å²) in [6, 6.07) is 5.80. The second-order valence-electron chi connectivity index (χ2n) is 4.10. The van der Waals surface area contributed by atoms with E-state index < -0.39 is 11.9 Å². The molecular formula is C12H16F3NO2. The summed E-state index contributed by atoms with van der Waals surface area (Å²) in [7, 11) is 0. The zero-order valence-electron chi connectivity index (χ0n) is 10.3. The van der Waals surface area contributed by atoms with Gasteiger partial charge in [-0.3, -0.25) is 0 Å². The lowest BCUT2D eigenvalue weighted by Crippen LogP contribution is -2.39. The molecule has 0 spiro atoms. The van der Waals surface area contributed by atoms with Crippen LogP contribution in [-0.2, 0) is 10.3 Å². The predicted molar refractivity (Wildman–Crippen MR) is 61.2 cm³/mol. The van der Waals surface area contributed by atoms with Gasteiger partial charge >= 0.3 is 6.36 Å². The summed E-state index contributed by atoms with van der Waals surface area (Å²) < 4.78 is 45.9. The third-order valence-electron chi connectivity index (χ3n) is 2.33. The minimum Gasteiger partial charge on any atom is -0.405 e. The van der Waals surface area contributed by atoms with Gasteiger partial charge in [0.05, 0.1) is 12.1 Å². The van der Waals surface area contributed by atoms with Crippen molar-refractivity contribution in [2.24, 2.45) is 5.73 Å². The standard InChI is InChI=1S/C12H16F3NO2/c1-3-17-8-11(2,16)9-6-4-5-7-10(9)18-12(13,14)15/h4-7H,3,8,16H2,1-2H3. The van der Waals surface area contributed by atoms with Crippen molar-refractivity contribution in [1.82, 2.24) is 0 Å². The molecule has 0 bridgehead atoms. The molecule has 1 aromatic rings. The molecule has 0 aliphatic rings. The number of halogens is 3. The van der Waals surface area contributed by atoms with E-state index in [0.29, 0.717) is 6.61 Å². The fraction of sp³-hybridized carbons (Fsp3) is 0.500. The SMILES string of the molecule is CCOCC(C)(N)c1ccccc1OC(F)(F)F. The fourth-order valence-electron chi connectivity index (χ4n) is 1.54. The van der Waals surface area contributed by atoms with Crippen LogP contribution in [0.3, 0.4) is 0 Å². The van der Waals surface area contributed by atoms with Crippen LogP contribution in [0.15, 0.2) is 24.3 Å². The molecule has 1 aromatic carbocycles. The van der Waals surface area contributed by atoms with E-state index in [1.165, 1.54) is 18.2 Å². The Morgan fingerprint density at radius 3 is 2.39 bits per heavy atom. The quantitative estimate of drug-likeness (QED) is 0.888. The van der Waals surface area contributed by atoms with Gasteiger partial charge in [0.2, 0.25) is 0 Å². The van der Waals surface area contributed by atoms with Crippen LogP contribution >= 0.6 is 0 Å². The average Bonchev–Trinajstić information content (AvgIpc) is 2.25. The van der Waals surface area contributed by atoms with Crippen LogP contribution in [0.1, 0.15) is 19.4 Å². The number of alkyl halides is 3. The lowest BCUT2D eigenvalue weighted by atomic mass is 9.93. The van der Waals surface area contributed by atoms with Crippen LogP contribution in [0.5, 0.6) is 5.75 Å². The van der Waals surface area contributed by atoms with E-state index in [1.54, 1.807) is 19.9 Å². The topological polar surface area (TPSA) is 44.5 Å². The first kappa shape index (κ1) is 14.8. The summed E-state index contributed by atoms with van der Waals surface area (Å²) in [5.41, 5.74) is 5.19. The van der Waals surface area contributed by atoms with Gasteiger partial charge in [-0.1, -0.05) is 18.2 Å². The van der Waals surface area contributed by atoms with Crippen LogP contribution in [0, 0.1) is 0 Å². The van der Waals surface area contributed by atoms with E-state index >= 15 is 0 Å². The molecule has 18 heavy (non-hydrogen) atoms. The van der Waals surface area contributed by atoms with Gasteiger partial charge in [-0.15, -0.1) is 13.2 Å². The summed E-state index contributed by atoms with van der Waals surface area (Å²) in [5, 5.41) is 0. The molecule has 0 fully saturated rings. The number of benzene rings is 1. The van der Waals surface area contributed by atoms with E-state index in [2.05, 4.69) is 4.74 Å². The van der Waals surface area contributed by atoms with Crippen molar-refractivity contribution in [3.63, 3.8) is 0 Å². The van der Waals surface area contributed by atoms with Gasteiger partial charge in [-0.05, 0) is 19.9 Å². The summed E-state index contributed by atoms with van der Waals surface area (Å²) in [6.45, 7) is 3.94. The Morgan fingerprint density at radius 2 is 1.83 bits per heavy atom. The minimum absolute atomic E-state index is 0.113. The van der Waals surface area contributed by atoms with Crippen LogP contribution in [0.25, 0.3) is 0 Å². The minimum atomic E-state index is -4.74. The molecule has 0 amide bonds. The van der Waals surface area contributed by atoms with Gasteiger partial charge in [-0.25, -0.2) is 0 Å². The molecular weight excluding hydrogens is 247 g/mol. The van der Waals surface area contributed by atoms with Gasteiger partial charge < -0.3 is 15.2 Å². The van der Waals surface area contributed by atoms with Gasteiger partial charge in [0.25, 0.3) is 0 Å². The normalized spacial score (nSPS) is 15.2. The highest BCUT2D eigenvalue weighted by atomic mass is 19.4. The molecule has 102 valence electrons. The Morgan fingerprint density at radius 1 is 1.22 bits per heavy atom. The molecule has 0 aliphatic heterocycles. The van der Waals surface area contributed by atoms with Crippen molar-refractivity contribution in [3.05, 3.63) is 29.8 Å². The highest BCUT2D eigenvalue weighted by Gasteiger charge is 2.34. The highest BCUT2D eigenvalue weighted by Crippen LogP contribution is 2.32. The van der Waals surface area contributed by atoms with Crippen LogP contribution < -0.4 is 10.5 Å². The smallest absolute Gasteiger partial charge is 0.405 e. The number of para-hydroxylation sites is 1. The van der Waals surface area contributed by atoms with Crippen molar-refractivity contribution in [3.8, 4) is 5.75 Å². The van der Waals surface area contributed by atoms with E-state index in [9.17, 15) is 13.2 Å². The maximum atomic E-state index is 12.3. The second-order valence-corrected chi connectivity index (χ2v) is 4.10. The Kier molecular flexibility index (Phi) is 4.59. The lowest BCUT2D eigenvalue weighted by molar-refractivity contribution is -0.275. The van der Waals surface area contributed by atoms with Crippen molar-refractivity contribution in [2.45, 2.75) is 25.7 Å². The third-order valence-corrected chi connectivity index (χ3v) is 2.33. The molecule has 0 heterocycles. The molecule has 1 atom stereocenters. The van der Waals surface area contributed by atoms with E-state index in [0.717, 1.165) is 0 Å². The summed E-state index contributed by atoms with van der Waals surface area (Å²) in [5.74, 6) is -0.297. The molecule has 2 N–H and O–H groups in total. The third kappa shape index (κ3) is 4.19. The van der Waals surface area contributed by atoms with Crippen LogP contribution in [-0.4, -0.2) is 19.6 Å². The van der Waals surface area contributed by atoms with Crippen molar-refractivity contribution < 1.29 is 22.6 Å². The monoisotopic (exact) mass is 263 g/mol. The number of nitrogens with two attached hydrogens (primary N) is 1. The average molecular weight is 263 g/mol. The van der Waals surface area contributed by atoms with Crippen molar-refractivity contribution in [2.75, 3.05) is 13.2 Å². The summed E-state index contributed by atoms with van der Waals surface area (Å²) >= 11 is 0. The highest BCUT2D eigenvalue weighted by molar-refractivity contribution is 5.38. The molecule has 1 unspecified atom stereocenters. The Balaban J connectivity index is 3.00. The summed E-state index contributed by atoms with van der Waals surface area (Å²) in [4.78, 5) is 0. The largest absolute Gasteiger partial charge is 0.573 e. The molecule has 0 aromatic heterocycles. The van der Waals surface area contributed by atoms with Crippen LogP contribution in [0.4, 0.5) is 13.2 Å². The lowest BCUT2D eigenvalue weighted by Gasteiger charge is -2.27. The zero-order chi connectivity index (χ0) is 13.8. The zero-order valence-corrected chi connectivity index (χ0v) is 10.3. The molecule has 0 radical (unpaired) electrons. The first-order chi connectivity index (χ1) is 8.26. The molecule has 0 saturated carbocycles. The predicted octanol–water partition coefficient (Wildman–Crippen LogP) is 2.80.